The van der Waals surface area contributed by atoms with E-state index >= 15 is 0 Å². The van der Waals surface area contributed by atoms with Crippen LogP contribution in [0.3, 0.4) is 0 Å². The van der Waals surface area contributed by atoms with Crippen LogP contribution in [0.15, 0.2) is 91.1 Å². The van der Waals surface area contributed by atoms with Gasteiger partial charge in [-0.2, -0.15) is 5.26 Å². The van der Waals surface area contributed by atoms with Crippen molar-refractivity contribution in [2.24, 2.45) is 0 Å². The molecule has 180 valence electrons. The first-order chi connectivity index (χ1) is 17.6. The minimum atomic E-state index is -0.0897. The summed E-state index contributed by atoms with van der Waals surface area (Å²) in [5.41, 5.74) is 6.47. The number of rotatable bonds is 5. The van der Waals surface area contributed by atoms with Crippen LogP contribution in [0, 0.1) is 25.2 Å². The van der Waals surface area contributed by atoms with Gasteiger partial charge in [0.1, 0.15) is 11.8 Å². The van der Waals surface area contributed by atoms with Gasteiger partial charge in [0.15, 0.2) is 0 Å². The van der Waals surface area contributed by atoms with Crippen LogP contribution in [0.1, 0.15) is 44.3 Å². The molecule has 0 atom stereocenters. The average Bonchev–Trinajstić information content (AvgIpc) is 3.35. The molecule has 5 heteroatoms. The number of nitriles is 1. The minimum absolute atomic E-state index is 0.0897. The standard InChI is InChI=1S/C31H30N4O/c1-23-13-14-24(2)28(21-23)35-16-15-27(22-32)30(35)31(36)34-19-17-33(18-20-34)29(25-9-5-3-6-10-25)26-11-7-4-8-12-26/h3-16,21,29H,17-20H2,1-2H3. The number of hydrogen-bond donors (Lipinski definition) is 0. The number of hydrogen-bond acceptors (Lipinski definition) is 3. The van der Waals surface area contributed by atoms with Gasteiger partial charge < -0.3 is 9.47 Å². The van der Waals surface area contributed by atoms with Crippen molar-refractivity contribution in [2.45, 2.75) is 19.9 Å². The molecule has 1 aromatic heterocycles. The van der Waals surface area contributed by atoms with Crippen molar-refractivity contribution in [1.82, 2.24) is 14.4 Å². The Morgan fingerprint density at radius 2 is 1.44 bits per heavy atom. The highest BCUT2D eigenvalue weighted by Gasteiger charge is 2.31. The summed E-state index contributed by atoms with van der Waals surface area (Å²) < 4.78 is 1.88. The lowest BCUT2D eigenvalue weighted by molar-refractivity contribution is 0.0589. The van der Waals surface area contributed by atoms with Crippen LogP contribution >= 0.6 is 0 Å². The van der Waals surface area contributed by atoms with Crippen molar-refractivity contribution in [3.05, 3.63) is 125 Å². The third-order valence-electron chi connectivity index (χ3n) is 7.03. The summed E-state index contributed by atoms with van der Waals surface area (Å²) in [7, 11) is 0. The lowest BCUT2D eigenvalue weighted by Crippen LogP contribution is -2.50. The van der Waals surface area contributed by atoms with Crippen LogP contribution in [0.4, 0.5) is 0 Å². The molecule has 2 heterocycles. The number of carbonyl (C=O) groups is 1. The van der Waals surface area contributed by atoms with Gasteiger partial charge in [0, 0.05) is 38.1 Å². The molecule has 0 unspecified atom stereocenters. The second-order valence-corrected chi connectivity index (χ2v) is 9.40. The van der Waals surface area contributed by atoms with Crippen molar-refractivity contribution in [1.29, 1.82) is 5.26 Å². The Labute approximate surface area is 212 Å². The first-order valence-electron chi connectivity index (χ1n) is 12.4. The monoisotopic (exact) mass is 474 g/mol. The zero-order valence-corrected chi connectivity index (χ0v) is 20.8. The van der Waals surface area contributed by atoms with Crippen LogP contribution < -0.4 is 0 Å². The van der Waals surface area contributed by atoms with Gasteiger partial charge >= 0.3 is 0 Å². The summed E-state index contributed by atoms with van der Waals surface area (Å²) in [5, 5.41) is 9.77. The second-order valence-electron chi connectivity index (χ2n) is 9.40. The normalized spacial score (nSPS) is 14.1. The maximum Gasteiger partial charge on any atom is 0.272 e. The third kappa shape index (κ3) is 4.56. The maximum atomic E-state index is 13.8. The summed E-state index contributed by atoms with van der Waals surface area (Å²) >= 11 is 0. The Morgan fingerprint density at radius 1 is 0.833 bits per heavy atom. The maximum absolute atomic E-state index is 13.8. The molecular formula is C31H30N4O. The largest absolute Gasteiger partial charge is 0.335 e. The molecule has 36 heavy (non-hydrogen) atoms. The summed E-state index contributed by atoms with van der Waals surface area (Å²) in [6, 6.07) is 31.4. The van der Waals surface area contributed by atoms with E-state index in [4.69, 9.17) is 0 Å². The average molecular weight is 475 g/mol. The van der Waals surface area contributed by atoms with Gasteiger partial charge in [-0.1, -0.05) is 72.8 Å². The van der Waals surface area contributed by atoms with Crippen molar-refractivity contribution in [2.75, 3.05) is 26.2 Å². The van der Waals surface area contributed by atoms with E-state index in [0.29, 0.717) is 24.3 Å². The predicted molar refractivity (Wildman–Crippen MR) is 142 cm³/mol. The molecule has 0 N–H and O–H groups in total. The molecule has 0 bridgehead atoms. The molecule has 5 rings (SSSR count). The molecule has 0 saturated carbocycles. The number of nitrogens with zero attached hydrogens (tertiary/aromatic N) is 4. The second kappa shape index (κ2) is 10.2. The van der Waals surface area contributed by atoms with E-state index in [1.807, 2.05) is 41.6 Å². The van der Waals surface area contributed by atoms with Gasteiger partial charge in [-0.3, -0.25) is 9.69 Å². The molecule has 1 fully saturated rings. The summed E-state index contributed by atoms with van der Waals surface area (Å²) in [6.45, 7) is 6.80. The van der Waals surface area contributed by atoms with Crippen molar-refractivity contribution >= 4 is 5.91 Å². The summed E-state index contributed by atoms with van der Waals surface area (Å²) in [6.07, 6.45) is 1.84. The van der Waals surface area contributed by atoms with E-state index in [1.54, 1.807) is 6.07 Å². The van der Waals surface area contributed by atoms with Gasteiger partial charge in [0.05, 0.1) is 11.6 Å². The fraction of sp³-hybridized carbons (Fsp3) is 0.226. The number of amides is 1. The molecule has 4 aromatic rings. The Kier molecular flexibility index (Phi) is 6.71. The molecule has 1 amide bonds. The van der Waals surface area contributed by atoms with Crippen LogP contribution in [-0.4, -0.2) is 46.5 Å². The van der Waals surface area contributed by atoms with E-state index in [0.717, 1.165) is 29.9 Å². The molecule has 1 saturated heterocycles. The first-order valence-corrected chi connectivity index (χ1v) is 12.4. The number of carbonyl (C=O) groups excluding carboxylic acids is 1. The van der Waals surface area contributed by atoms with Crippen LogP contribution in [0.25, 0.3) is 5.69 Å². The highest BCUT2D eigenvalue weighted by atomic mass is 16.2. The predicted octanol–water partition coefficient (Wildman–Crippen LogP) is 5.51. The van der Waals surface area contributed by atoms with E-state index in [-0.39, 0.29) is 11.9 Å². The van der Waals surface area contributed by atoms with Crippen LogP contribution in [0.2, 0.25) is 0 Å². The molecular weight excluding hydrogens is 444 g/mol. The van der Waals surface area contributed by atoms with Gasteiger partial charge in [0.25, 0.3) is 5.91 Å². The van der Waals surface area contributed by atoms with Gasteiger partial charge in [-0.15, -0.1) is 0 Å². The van der Waals surface area contributed by atoms with Crippen LogP contribution in [0.5, 0.6) is 0 Å². The van der Waals surface area contributed by atoms with E-state index in [9.17, 15) is 10.1 Å². The van der Waals surface area contributed by atoms with Gasteiger partial charge in [-0.25, -0.2) is 0 Å². The minimum Gasteiger partial charge on any atom is -0.335 e. The SMILES string of the molecule is Cc1ccc(C)c(-n2ccc(C#N)c2C(=O)N2CCN(C(c3ccccc3)c3ccccc3)CC2)c1. The molecule has 0 spiro atoms. The van der Waals surface area contributed by atoms with Crippen molar-refractivity contribution in [3.8, 4) is 11.8 Å². The zero-order valence-electron chi connectivity index (χ0n) is 20.8. The molecule has 3 aromatic carbocycles. The summed E-state index contributed by atoms with van der Waals surface area (Å²) in [5.74, 6) is -0.0897. The fourth-order valence-electron chi connectivity index (χ4n) is 5.14. The lowest BCUT2D eigenvalue weighted by Gasteiger charge is -2.40. The molecule has 1 aliphatic heterocycles. The van der Waals surface area contributed by atoms with Gasteiger partial charge in [-0.05, 0) is 48.2 Å². The summed E-state index contributed by atoms with van der Waals surface area (Å²) in [4.78, 5) is 18.1. The van der Waals surface area contributed by atoms with E-state index < -0.39 is 0 Å². The van der Waals surface area contributed by atoms with Gasteiger partial charge in [0.2, 0.25) is 0 Å². The fourth-order valence-corrected chi connectivity index (χ4v) is 5.14. The highest BCUT2D eigenvalue weighted by Crippen LogP contribution is 2.30. The van der Waals surface area contributed by atoms with Crippen LogP contribution in [-0.2, 0) is 0 Å². The third-order valence-corrected chi connectivity index (χ3v) is 7.03. The Balaban J connectivity index is 1.40. The number of aromatic nitrogens is 1. The topological polar surface area (TPSA) is 52.3 Å². The zero-order chi connectivity index (χ0) is 25.1. The molecule has 1 aliphatic rings. The van der Waals surface area contributed by atoms with E-state index in [1.165, 1.54) is 11.1 Å². The number of piperazine rings is 1. The van der Waals surface area contributed by atoms with Crippen molar-refractivity contribution in [3.63, 3.8) is 0 Å². The Morgan fingerprint density at radius 3 is 2.03 bits per heavy atom. The lowest BCUT2D eigenvalue weighted by atomic mass is 9.96. The Bertz CT molecular complexity index is 1350. The van der Waals surface area contributed by atoms with E-state index in [2.05, 4.69) is 77.7 Å². The Hall–Kier alpha value is -4.14. The molecule has 0 aliphatic carbocycles. The molecule has 5 nitrogen and oxygen atoms in total. The quantitative estimate of drug-likeness (QED) is 0.383. The first kappa shape index (κ1) is 23.6. The smallest absolute Gasteiger partial charge is 0.272 e. The number of aryl methyl sites for hydroxylation is 2. The molecule has 0 radical (unpaired) electrons. The highest BCUT2D eigenvalue weighted by molar-refractivity contribution is 5.96. The van der Waals surface area contributed by atoms with Crippen molar-refractivity contribution < 1.29 is 4.79 Å². The number of benzene rings is 3.